The number of hydrogen-bond donors (Lipinski definition) is 2. The van der Waals surface area contributed by atoms with Gasteiger partial charge in [0, 0.05) is 6.04 Å². The molecule has 0 bridgehead atoms. The fourth-order valence-electron chi connectivity index (χ4n) is 2.09. The van der Waals surface area contributed by atoms with E-state index in [9.17, 15) is 13.2 Å². The first-order valence-electron chi connectivity index (χ1n) is 7.02. The molecule has 0 saturated heterocycles. The number of alkyl halides is 3. The number of nitrogens with two attached hydrogens (primary N) is 1. The lowest BCUT2D eigenvalue weighted by Crippen LogP contribution is -2.28. The summed E-state index contributed by atoms with van der Waals surface area (Å²) in [4.78, 5) is 8.90. The van der Waals surface area contributed by atoms with E-state index in [0.717, 1.165) is 25.2 Å². The van der Waals surface area contributed by atoms with Crippen molar-refractivity contribution >= 4 is 5.97 Å². The van der Waals surface area contributed by atoms with Crippen molar-refractivity contribution in [1.29, 1.82) is 0 Å². The Kier molecular flexibility index (Phi) is 7.17. The Morgan fingerprint density at radius 2 is 1.68 bits per heavy atom. The van der Waals surface area contributed by atoms with Crippen molar-refractivity contribution in [1.82, 2.24) is 0 Å². The number of benzene rings is 1. The first kappa shape index (κ1) is 18.3. The summed E-state index contributed by atoms with van der Waals surface area (Å²) in [5.41, 5.74) is 5.86. The standard InChI is InChI=1S/C13H19NO.C2HF3O2/c14-12-8-6-11(7-9-12)10-15-13-4-2-1-3-5-13;3-2(4,5)1(6)7/h1-5,11-12H,6-10,14H2;(H,6,7). The Labute approximate surface area is 127 Å². The second-order valence-electron chi connectivity index (χ2n) is 5.21. The van der Waals surface area contributed by atoms with Crippen LogP contribution in [0.15, 0.2) is 30.3 Å². The average molecular weight is 319 g/mol. The van der Waals surface area contributed by atoms with Crippen molar-refractivity contribution in [3.05, 3.63) is 30.3 Å². The van der Waals surface area contributed by atoms with E-state index in [1.54, 1.807) is 0 Å². The van der Waals surface area contributed by atoms with Gasteiger partial charge in [-0.2, -0.15) is 13.2 Å². The molecule has 1 saturated carbocycles. The summed E-state index contributed by atoms with van der Waals surface area (Å²) < 4.78 is 37.5. The fourth-order valence-corrected chi connectivity index (χ4v) is 2.09. The molecular weight excluding hydrogens is 299 g/mol. The molecule has 124 valence electrons. The molecular formula is C15H20F3NO3. The van der Waals surface area contributed by atoms with Crippen molar-refractivity contribution in [3.63, 3.8) is 0 Å². The minimum absolute atomic E-state index is 0.429. The Morgan fingerprint density at radius 1 is 1.18 bits per heavy atom. The smallest absolute Gasteiger partial charge is 0.490 e. The van der Waals surface area contributed by atoms with Crippen molar-refractivity contribution in [3.8, 4) is 5.75 Å². The monoisotopic (exact) mass is 319 g/mol. The van der Waals surface area contributed by atoms with E-state index < -0.39 is 12.1 Å². The van der Waals surface area contributed by atoms with Gasteiger partial charge in [0.25, 0.3) is 0 Å². The lowest BCUT2D eigenvalue weighted by Gasteiger charge is -2.25. The molecule has 0 spiro atoms. The molecule has 0 aliphatic heterocycles. The molecule has 22 heavy (non-hydrogen) atoms. The highest BCUT2D eigenvalue weighted by atomic mass is 19.4. The third kappa shape index (κ3) is 7.31. The SMILES string of the molecule is NC1CCC(COc2ccccc2)CC1.O=C(O)C(F)(F)F. The molecule has 0 heterocycles. The van der Waals surface area contributed by atoms with Crippen LogP contribution in [0.2, 0.25) is 0 Å². The number of carboxylic acids is 1. The van der Waals surface area contributed by atoms with Gasteiger partial charge >= 0.3 is 12.1 Å². The van der Waals surface area contributed by atoms with Crippen molar-refractivity contribution < 1.29 is 27.8 Å². The molecule has 1 aliphatic rings. The summed E-state index contributed by atoms with van der Waals surface area (Å²) in [5, 5.41) is 7.12. The Hall–Kier alpha value is -1.76. The van der Waals surface area contributed by atoms with E-state index in [-0.39, 0.29) is 0 Å². The predicted molar refractivity (Wildman–Crippen MR) is 75.6 cm³/mol. The Balaban J connectivity index is 0.000000295. The van der Waals surface area contributed by atoms with Crippen molar-refractivity contribution in [2.45, 2.75) is 37.9 Å². The lowest BCUT2D eigenvalue weighted by molar-refractivity contribution is -0.192. The van der Waals surface area contributed by atoms with Gasteiger partial charge in [-0.1, -0.05) is 18.2 Å². The van der Waals surface area contributed by atoms with Gasteiger partial charge in [-0.3, -0.25) is 0 Å². The normalized spacial score (nSPS) is 21.5. The molecule has 2 rings (SSSR count). The summed E-state index contributed by atoms with van der Waals surface area (Å²) in [6.45, 7) is 0.844. The van der Waals surface area contributed by atoms with Crippen LogP contribution in [0, 0.1) is 5.92 Å². The molecule has 0 aromatic heterocycles. The molecule has 4 nitrogen and oxygen atoms in total. The molecule has 1 aromatic rings. The van der Waals surface area contributed by atoms with E-state index in [2.05, 4.69) is 0 Å². The van der Waals surface area contributed by atoms with Gasteiger partial charge in [0.2, 0.25) is 0 Å². The third-order valence-electron chi connectivity index (χ3n) is 3.36. The van der Waals surface area contributed by atoms with Crippen molar-refractivity contribution in [2.75, 3.05) is 6.61 Å². The summed E-state index contributed by atoms with van der Waals surface area (Å²) in [7, 11) is 0. The van der Waals surface area contributed by atoms with E-state index >= 15 is 0 Å². The van der Waals surface area contributed by atoms with E-state index in [0.29, 0.717) is 12.0 Å². The highest BCUT2D eigenvalue weighted by Gasteiger charge is 2.38. The number of ether oxygens (including phenoxy) is 1. The second-order valence-corrected chi connectivity index (χ2v) is 5.21. The molecule has 1 aliphatic carbocycles. The molecule has 0 atom stereocenters. The van der Waals surface area contributed by atoms with Gasteiger partial charge in [0.15, 0.2) is 0 Å². The van der Waals surface area contributed by atoms with Gasteiger partial charge in [-0.15, -0.1) is 0 Å². The van der Waals surface area contributed by atoms with Crippen LogP contribution in [-0.2, 0) is 4.79 Å². The zero-order chi connectivity index (χ0) is 16.6. The lowest BCUT2D eigenvalue weighted by atomic mass is 9.87. The summed E-state index contributed by atoms with van der Waals surface area (Å²) in [6.07, 6.45) is -0.340. The van der Waals surface area contributed by atoms with Crippen LogP contribution in [0.1, 0.15) is 25.7 Å². The van der Waals surface area contributed by atoms with Gasteiger partial charge in [0.05, 0.1) is 6.61 Å². The molecule has 1 fully saturated rings. The highest BCUT2D eigenvalue weighted by molar-refractivity contribution is 5.73. The third-order valence-corrected chi connectivity index (χ3v) is 3.36. The fraction of sp³-hybridized carbons (Fsp3) is 0.533. The minimum Gasteiger partial charge on any atom is -0.493 e. The Morgan fingerprint density at radius 3 is 2.14 bits per heavy atom. The zero-order valence-electron chi connectivity index (χ0n) is 12.1. The van der Waals surface area contributed by atoms with E-state index in [4.69, 9.17) is 20.4 Å². The van der Waals surface area contributed by atoms with Crippen LogP contribution >= 0.6 is 0 Å². The summed E-state index contributed by atoms with van der Waals surface area (Å²) in [5.74, 6) is -1.08. The van der Waals surface area contributed by atoms with Crippen molar-refractivity contribution in [2.24, 2.45) is 11.7 Å². The molecule has 7 heteroatoms. The number of carboxylic acid groups (broad SMARTS) is 1. The molecule has 0 unspecified atom stereocenters. The summed E-state index contributed by atoms with van der Waals surface area (Å²) in [6, 6.07) is 10.5. The minimum atomic E-state index is -5.08. The molecule has 0 radical (unpaired) electrons. The number of para-hydroxylation sites is 1. The highest BCUT2D eigenvalue weighted by Crippen LogP contribution is 2.24. The van der Waals surface area contributed by atoms with E-state index in [1.807, 2.05) is 30.3 Å². The largest absolute Gasteiger partial charge is 0.493 e. The average Bonchev–Trinajstić information content (AvgIpc) is 2.47. The quantitative estimate of drug-likeness (QED) is 0.897. The van der Waals surface area contributed by atoms with Gasteiger partial charge in [-0.05, 0) is 43.7 Å². The second kappa shape index (κ2) is 8.63. The predicted octanol–water partition coefficient (Wildman–Crippen LogP) is 3.22. The summed E-state index contributed by atoms with van der Waals surface area (Å²) >= 11 is 0. The number of aliphatic carboxylic acids is 1. The Bertz CT molecular complexity index is 443. The molecule has 3 N–H and O–H groups in total. The first-order chi connectivity index (χ1) is 10.3. The maximum atomic E-state index is 10.6. The van der Waals surface area contributed by atoms with Crippen LogP contribution in [-0.4, -0.2) is 29.9 Å². The molecule has 0 amide bonds. The topological polar surface area (TPSA) is 72.5 Å². The van der Waals surface area contributed by atoms with Crippen LogP contribution in [0.4, 0.5) is 13.2 Å². The van der Waals surface area contributed by atoms with Crippen LogP contribution < -0.4 is 10.5 Å². The number of hydrogen-bond acceptors (Lipinski definition) is 3. The van der Waals surface area contributed by atoms with E-state index in [1.165, 1.54) is 12.8 Å². The van der Waals surface area contributed by atoms with Gasteiger partial charge < -0.3 is 15.6 Å². The van der Waals surface area contributed by atoms with Crippen LogP contribution in [0.25, 0.3) is 0 Å². The number of carbonyl (C=O) groups is 1. The number of rotatable bonds is 3. The van der Waals surface area contributed by atoms with Gasteiger partial charge in [0.1, 0.15) is 5.75 Å². The number of halogens is 3. The molecule has 1 aromatic carbocycles. The van der Waals surface area contributed by atoms with Crippen LogP contribution in [0.5, 0.6) is 5.75 Å². The first-order valence-corrected chi connectivity index (χ1v) is 7.02. The van der Waals surface area contributed by atoms with Gasteiger partial charge in [-0.25, -0.2) is 4.79 Å². The maximum Gasteiger partial charge on any atom is 0.490 e. The maximum absolute atomic E-state index is 10.6. The van der Waals surface area contributed by atoms with Crippen LogP contribution in [0.3, 0.4) is 0 Å². The zero-order valence-corrected chi connectivity index (χ0v) is 12.1.